The lowest BCUT2D eigenvalue weighted by atomic mass is 10.3. The second kappa shape index (κ2) is 3.88. The van der Waals surface area contributed by atoms with Crippen LogP contribution in [0, 0.1) is 0 Å². The SMILES string of the molecule is O=C(Cc1ccco1)OC=S. The van der Waals surface area contributed by atoms with Gasteiger partial charge in [0.15, 0.2) is 5.55 Å². The van der Waals surface area contributed by atoms with E-state index in [-0.39, 0.29) is 6.42 Å². The average Bonchev–Trinajstić information content (AvgIpc) is 2.40. The van der Waals surface area contributed by atoms with E-state index in [1.54, 1.807) is 12.1 Å². The van der Waals surface area contributed by atoms with Gasteiger partial charge in [0.1, 0.15) is 12.2 Å². The summed E-state index contributed by atoms with van der Waals surface area (Å²) in [6, 6.07) is 3.41. The Hall–Kier alpha value is -1.16. The predicted molar refractivity (Wildman–Crippen MR) is 42.2 cm³/mol. The molecule has 0 aliphatic carbocycles. The average molecular weight is 170 g/mol. The number of hydrogen-bond acceptors (Lipinski definition) is 4. The Bertz CT molecular complexity index is 240. The van der Waals surface area contributed by atoms with Gasteiger partial charge in [0.25, 0.3) is 0 Å². The molecule has 4 heteroatoms. The van der Waals surface area contributed by atoms with E-state index in [9.17, 15) is 4.79 Å². The van der Waals surface area contributed by atoms with Crippen LogP contribution in [-0.4, -0.2) is 11.5 Å². The number of carbonyl (C=O) groups excluding carboxylic acids is 1. The number of esters is 1. The van der Waals surface area contributed by atoms with Gasteiger partial charge in [-0.2, -0.15) is 0 Å². The highest BCUT2D eigenvalue weighted by molar-refractivity contribution is 7.78. The summed E-state index contributed by atoms with van der Waals surface area (Å²) in [6.45, 7) is 0. The Balaban J connectivity index is 2.43. The van der Waals surface area contributed by atoms with Crippen LogP contribution in [0.4, 0.5) is 0 Å². The summed E-state index contributed by atoms with van der Waals surface area (Å²) < 4.78 is 9.31. The van der Waals surface area contributed by atoms with Crippen LogP contribution in [0.2, 0.25) is 0 Å². The molecule has 0 amide bonds. The van der Waals surface area contributed by atoms with Gasteiger partial charge in [-0.15, -0.1) is 0 Å². The molecule has 0 fully saturated rings. The molecule has 1 aromatic rings. The normalized spacial score (nSPS) is 9.09. The monoisotopic (exact) mass is 170 g/mol. The van der Waals surface area contributed by atoms with Crippen LogP contribution >= 0.6 is 12.2 Å². The highest BCUT2D eigenvalue weighted by Gasteiger charge is 2.04. The number of carbonyl (C=O) groups is 1. The molecule has 0 atom stereocenters. The second-order valence-corrected chi connectivity index (χ2v) is 2.03. The molecule has 1 aromatic heterocycles. The fourth-order valence-electron chi connectivity index (χ4n) is 0.651. The Labute approximate surface area is 69.0 Å². The van der Waals surface area contributed by atoms with Crippen molar-refractivity contribution >= 4 is 23.7 Å². The molecular weight excluding hydrogens is 164 g/mol. The summed E-state index contributed by atoms with van der Waals surface area (Å²) in [4.78, 5) is 10.7. The molecule has 0 radical (unpaired) electrons. The van der Waals surface area contributed by atoms with E-state index >= 15 is 0 Å². The van der Waals surface area contributed by atoms with Crippen molar-refractivity contribution in [1.29, 1.82) is 0 Å². The zero-order chi connectivity index (χ0) is 8.10. The number of thiocarbonyl (C=S) groups is 1. The van der Waals surface area contributed by atoms with Crippen molar-refractivity contribution in [1.82, 2.24) is 0 Å². The van der Waals surface area contributed by atoms with Gasteiger partial charge in [-0.05, 0) is 24.4 Å². The summed E-state index contributed by atoms with van der Waals surface area (Å²) in [5.74, 6) is 0.168. The first-order chi connectivity index (χ1) is 5.33. The molecule has 0 saturated carbocycles. The van der Waals surface area contributed by atoms with Crippen molar-refractivity contribution in [2.75, 3.05) is 0 Å². The summed E-state index contributed by atoms with van der Waals surface area (Å²) in [5.41, 5.74) is 0.936. The van der Waals surface area contributed by atoms with E-state index in [4.69, 9.17) is 4.42 Å². The third kappa shape index (κ3) is 2.51. The molecule has 0 aliphatic heterocycles. The van der Waals surface area contributed by atoms with Crippen molar-refractivity contribution in [2.45, 2.75) is 6.42 Å². The molecule has 1 heterocycles. The topological polar surface area (TPSA) is 39.4 Å². The molecule has 0 aliphatic rings. The number of furan rings is 1. The zero-order valence-electron chi connectivity index (χ0n) is 5.65. The molecule has 0 saturated heterocycles. The Morgan fingerprint density at radius 3 is 3.18 bits per heavy atom. The van der Waals surface area contributed by atoms with Crippen molar-refractivity contribution in [3.05, 3.63) is 24.2 Å². The van der Waals surface area contributed by atoms with Gasteiger partial charge < -0.3 is 9.15 Å². The maximum atomic E-state index is 10.7. The number of ether oxygens (including phenoxy) is 1. The summed E-state index contributed by atoms with van der Waals surface area (Å²) in [7, 11) is 0. The Morgan fingerprint density at radius 2 is 2.64 bits per heavy atom. The van der Waals surface area contributed by atoms with Gasteiger partial charge in [-0.3, -0.25) is 4.79 Å². The number of rotatable bonds is 3. The van der Waals surface area contributed by atoms with Gasteiger partial charge >= 0.3 is 5.97 Å². The van der Waals surface area contributed by atoms with Gasteiger partial charge in [-0.1, -0.05) is 0 Å². The van der Waals surface area contributed by atoms with Crippen LogP contribution in [0.1, 0.15) is 5.76 Å². The Morgan fingerprint density at radius 1 is 1.82 bits per heavy atom. The van der Waals surface area contributed by atoms with Gasteiger partial charge in [0.05, 0.1) is 6.26 Å². The van der Waals surface area contributed by atoms with Crippen LogP contribution < -0.4 is 0 Å². The van der Waals surface area contributed by atoms with E-state index in [1.807, 2.05) is 0 Å². The van der Waals surface area contributed by atoms with E-state index in [1.165, 1.54) is 6.26 Å². The van der Waals surface area contributed by atoms with Crippen LogP contribution in [0.25, 0.3) is 0 Å². The first kappa shape index (κ1) is 7.94. The van der Waals surface area contributed by atoms with Gasteiger partial charge in [0.2, 0.25) is 0 Å². The molecule has 58 valence electrons. The maximum Gasteiger partial charge on any atom is 0.319 e. The largest absolute Gasteiger partial charge is 0.469 e. The zero-order valence-corrected chi connectivity index (χ0v) is 6.47. The lowest BCUT2D eigenvalue weighted by molar-refractivity contribution is -0.134. The fraction of sp³-hybridized carbons (Fsp3) is 0.143. The predicted octanol–water partition coefficient (Wildman–Crippen LogP) is 1.32. The molecule has 11 heavy (non-hydrogen) atoms. The molecule has 0 aromatic carbocycles. The van der Waals surface area contributed by atoms with E-state index in [2.05, 4.69) is 17.0 Å². The third-order valence-electron chi connectivity index (χ3n) is 1.08. The summed E-state index contributed by atoms with van der Waals surface area (Å²) in [5, 5.41) is 0. The van der Waals surface area contributed by atoms with Crippen molar-refractivity contribution in [2.24, 2.45) is 0 Å². The maximum absolute atomic E-state index is 10.7. The standard InChI is InChI=1S/C7H6O3S/c8-7(10-5-11)4-6-2-1-3-9-6/h1-3,5H,4H2. The number of hydrogen-bond donors (Lipinski definition) is 0. The van der Waals surface area contributed by atoms with Gasteiger partial charge in [-0.25, -0.2) is 0 Å². The quantitative estimate of drug-likeness (QED) is 0.506. The van der Waals surface area contributed by atoms with Crippen LogP contribution in [0.15, 0.2) is 22.8 Å². The fourth-order valence-corrected chi connectivity index (χ4v) is 0.758. The molecule has 1 rings (SSSR count). The van der Waals surface area contributed by atoms with E-state index in [0.29, 0.717) is 5.76 Å². The molecule has 0 spiro atoms. The minimum Gasteiger partial charge on any atom is -0.469 e. The van der Waals surface area contributed by atoms with Crippen molar-refractivity contribution in [3.8, 4) is 0 Å². The highest BCUT2D eigenvalue weighted by atomic mass is 32.1. The molecule has 3 nitrogen and oxygen atoms in total. The summed E-state index contributed by atoms with van der Waals surface area (Å²) in [6.07, 6.45) is 1.63. The molecule has 0 N–H and O–H groups in total. The molecule has 0 bridgehead atoms. The minimum absolute atomic E-state index is 0.125. The lowest BCUT2D eigenvalue weighted by Gasteiger charge is -1.93. The first-order valence-corrected chi connectivity index (χ1v) is 3.45. The minimum atomic E-state index is -0.407. The van der Waals surface area contributed by atoms with Crippen LogP contribution in [0.3, 0.4) is 0 Å². The first-order valence-electron chi connectivity index (χ1n) is 2.98. The summed E-state index contributed by atoms with van der Waals surface area (Å²) >= 11 is 4.33. The Kier molecular flexibility index (Phi) is 2.80. The lowest BCUT2D eigenvalue weighted by Crippen LogP contribution is -2.04. The smallest absolute Gasteiger partial charge is 0.319 e. The van der Waals surface area contributed by atoms with Crippen LogP contribution in [0.5, 0.6) is 0 Å². The van der Waals surface area contributed by atoms with Gasteiger partial charge in [0, 0.05) is 0 Å². The highest BCUT2D eigenvalue weighted by Crippen LogP contribution is 2.01. The van der Waals surface area contributed by atoms with Crippen LogP contribution in [-0.2, 0) is 16.0 Å². The second-order valence-electron chi connectivity index (χ2n) is 1.84. The van der Waals surface area contributed by atoms with Crippen molar-refractivity contribution < 1.29 is 13.9 Å². The van der Waals surface area contributed by atoms with E-state index in [0.717, 1.165) is 5.55 Å². The van der Waals surface area contributed by atoms with Crippen molar-refractivity contribution in [3.63, 3.8) is 0 Å². The van der Waals surface area contributed by atoms with E-state index < -0.39 is 5.97 Å². The molecule has 0 unspecified atom stereocenters. The third-order valence-corrected chi connectivity index (χ3v) is 1.17. The molecular formula is C7H6O3S.